The number of hydrogen-bond acceptors (Lipinski definition) is 3. The fourth-order valence-corrected chi connectivity index (χ4v) is 3.22. The van der Waals surface area contributed by atoms with E-state index in [1.807, 2.05) is 38.1 Å². The summed E-state index contributed by atoms with van der Waals surface area (Å²) in [7, 11) is 0. The number of unbranched alkanes of at least 4 members (excludes halogenated alkanes) is 3. The van der Waals surface area contributed by atoms with Gasteiger partial charge in [0.1, 0.15) is 5.75 Å². The maximum absolute atomic E-state index is 12.8. The van der Waals surface area contributed by atoms with Crippen molar-refractivity contribution in [2.24, 2.45) is 0 Å². The highest BCUT2D eigenvalue weighted by Crippen LogP contribution is 2.23. The molecule has 136 valence electrons. The van der Waals surface area contributed by atoms with Crippen LogP contribution in [0.3, 0.4) is 0 Å². The number of aromatic nitrogens is 2. The first-order chi connectivity index (χ1) is 12.0. The number of carbonyl (C=O) groups is 1. The highest BCUT2D eigenvalue weighted by Gasteiger charge is 2.19. The van der Waals surface area contributed by atoms with Crippen LogP contribution in [0, 0.1) is 13.8 Å². The molecule has 1 aromatic heterocycles. The van der Waals surface area contributed by atoms with Crippen LogP contribution in [0.2, 0.25) is 0 Å². The Labute approximate surface area is 151 Å². The van der Waals surface area contributed by atoms with Gasteiger partial charge in [-0.25, -0.2) is 4.68 Å². The molecule has 4 heteroatoms. The minimum absolute atomic E-state index is 0.0954. The topological polar surface area (TPSA) is 44.1 Å². The first-order valence-electron chi connectivity index (χ1n) is 9.29. The zero-order valence-corrected chi connectivity index (χ0v) is 16.1. The monoisotopic (exact) mass is 342 g/mol. The van der Waals surface area contributed by atoms with Crippen molar-refractivity contribution >= 4 is 5.91 Å². The molecule has 0 unspecified atom stereocenters. The average molecular weight is 342 g/mol. The Morgan fingerprint density at radius 2 is 1.80 bits per heavy atom. The zero-order chi connectivity index (χ0) is 18.4. The Bertz CT molecular complexity index is 699. The molecule has 0 saturated carbocycles. The smallest absolute Gasteiger partial charge is 0.278 e. The van der Waals surface area contributed by atoms with E-state index in [0.717, 1.165) is 35.7 Å². The van der Waals surface area contributed by atoms with Gasteiger partial charge >= 0.3 is 0 Å². The van der Waals surface area contributed by atoms with Gasteiger partial charge in [0.15, 0.2) is 0 Å². The highest BCUT2D eigenvalue weighted by molar-refractivity contribution is 5.96. The van der Waals surface area contributed by atoms with Crippen LogP contribution in [0.25, 0.3) is 0 Å². The predicted molar refractivity (Wildman–Crippen MR) is 102 cm³/mol. The number of nitrogens with zero attached hydrogens (tertiary/aromatic N) is 2. The minimum Gasteiger partial charge on any atom is -0.494 e. The van der Waals surface area contributed by atoms with E-state index in [1.54, 1.807) is 0 Å². The largest absolute Gasteiger partial charge is 0.494 e. The Balaban J connectivity index is 2.05. The van der Waals surface area contributed by atoms with Crippen LogP contribution in [-0.4, -0.2) is 22.3 Å². The van der Waals surface area contributed by atoms with Gasteiger partial charge in [-0.05, 0) is 56.0 Å². The van der Waals surface area contributed by atoms with Gasteiger partial charge in [-0.1, -0.05) is 40.0 Å². The standard InChI is InChI=1S/C21H30N2O2/c1-6-7-8-9-14-25-19-12-10-18(11-13-19)21(24)23-17(5)20(15(2)3)16(4)22-23/h10-13,15H,6-9,14H2,1-5H3. The van der Waals surface area contributed by atoms with Gasteiger partial charge in [0.2, 0.25) is 0 Å². The summed E-state index contributed by atoms with van der Waals surface area (Å²) in [5.41, 5.74) is 3.63. The molecule has 0 saturated heterocycles. The van der Waals surface area contributed by atoms with Crippen molar-refractivity contribution in [1.29, 1.82) is 0 Å². The van der Waals surface area contributed by atoms with E-state index in [2.05, 4.69) is 25.9 Å². The van der Waals surface area contributed by atoms with Crippen LogP contribution in [-0.2, 0) is 0 Å². The van der Waals surface area contributed by atoms with Crippen molar-refractivity contribution in [3.05, 3.63) is 46.8 Å². The molecule has 0 aliphatic heterocycles. The zero-order valence-electron chi connectivity index (χ0n) is 16.1. The third-order valence-corrected chi connectivity index (χ3v) is 4.48. The summed E-state index contributed by atoms with van der Waals surface area (Å²) in [6.45, 7) is 11.1. The lowest BCUT2D eigenvalue weighted by Gasteiger charge is -2.08. The molecule has 0 amide bonds. The fourth-order valence-electron chi connectivity index (χ4n) is 3.22. The Morgan fingerprint density at radius 3 is 2.36 bits per heavy atom. The lowest BCUT2D eigenvalue weighted by atomic mass is 10.0. The molecular weight excluding hydrogens is 312 g/mol. The van der Waals surface area contributed by atoms with Crippen LogP contribution >= 0.6 is 0 Å². The molecule has 1 aromatic carbocycles. The summed E-state index contributed by atoms with van der Waals surface area (Å²) in [5, 5.41) is 4.44. The van der Waals surface area contributed by atoms with Crippen LogP contribution in [0.15, 0.2) is 24.3 Å². The maximum Gasteiger partial charge on any atom is 0.278 e. The lowest BCUT2D eigenvalue weighted by Crippen LogP contribution is -2.15. The van der Waals surface area contributed by atoms with Gasteiger partial charge in [-0.2, -0.15) is 5.10 Å². The molecule has 2 aromatic rings. The predicted octanol–water partition coefficient (Wildman–Crippen LogP) is 5.27. The molecular formula is C21H30N2O2. The molecule has 0 atom stereocenters. The number of ether oxygens (including phenoxy) is 1. The van der Waals surface area contributed by atoms with Gasteiger partial charge in [0, 0.05) is 11.3 Å². The Morgan fingerprint density at radius 1 is 1.12 bits per heavy atom. The van der Waals surface area contributed by atoms with E-state index in [0.29, 0.717) is 11.5 Å². The summed E-state index contributed by atoms with van der Waals surface area (Å²) in [6, 6.07) is 7.36. The van der Waals surface area contributed by atoms with Gasteiger partial charge < -0.3 is 4.74 Å². The molecule has 0 spiro atoms. The van der Waals surface area contributed by atoms with Crippen LogP contribution in [0.5, 0.6) is 5.75 Å². The van der Waals surface area contributed by atoms with Gasteiger partial charge in [-0.15, -0.1) is 0 Å². The van der Waals surface area contributed by atoms with Crippen LogP contribution in [0.1, 0.15) is 79.7 Å². The number of hydrogen-bond donors (Lipinski definition) is 0. The molecule has 25 heavy (non-hydrogen) atoms. The third-order valence-electron chi connectivity index (χ3n) is 4.48. The van der Waals surface area contributed by atoms with Crippen molar-refractivity contribution in [2.75, 3.05) is 6.61 Å². The number of carbonyl (C=O) groups excluding carboxylic acids is 1. The van der Waals surface area contributed by atoms with Gasteiger partial charge in [-0.3, -0.25) is 4.79 Å². The van der Waals surface area contributed by atoms with Crippen molar-refractivity contribution in [1.82, 2.24) is 9.78 Å². The first-order valence-corrected chi connectivity index (χ1v) is 9.29. The van der Waals surface area contributed by atoms with E-state index in [9.17, 15) is 4.79 Å². The molecule has 1 heterocycles. The second-order valence-corrected chi connectivity index (χ2v) is 6.89. The molecule has 0 aliphatic carbocycles. The normalized spacial score (nSPS) is 11.1. The summed E-state index contributed by atoms with van der Waals surface area (Å²) >= 11 is 0. The summed E-state index contributed by atoms with van der Waals surface area (Å²) in [6.07, 6.45) is 4.74. The molecule has 0 aliphatic rings. The first kappa shape index (κ1) is 19.2. The van der Waals surface area contributed by atoms with Crippen molar-refractivity contribution in [2.45, 2.75) is 66.2 Å². The number of aryl methyl sites for hydroxylation is 1. The van der Waals surface area contributed by atoms with Crippen molar-refractivity contribution in [3.8, 4) is 5.75 Å². The van der Waals surface area contributed by atoms with E-state index < -0.39 is 0 Å². The van der Waals surface area contributed by atoms with Crippen LogP contribution in [0.4, 0.5) is 0 Å². The molecule has 0 N–H and O–H groups in total. The average Bonchev–Trinajstić information content (AvgIpc) is 2.89. The summed E-state index contributed by atoms with van der Waals surface area (Å²) in [5.74, 6) is 1.07. The molecule has 2 rings (SSSR count). The van der Waals surface area contributed by atoms with E-state index in [4.69, 9.17) is 4.74 Å². The fraction of sp³-hybridized carbons (Fsp3) is 0.524. The van der Waals surface area contributed by atoms with Crippen molar-refractivity contribution < 1.29 is 9.53 Å². The summed E-state index contributed by atoms with van der Waals surface area (Å²) in [4.78, 5) is 12.8. The molecule has 0 fully saturated rings. The van der Waals surface area contributed by atoms with Crippen molar-refractivity contribution in [3.63, 3.8) is 0 Å². The van der Waals surface area contributed by atoms with Gasteiger partial charge in [0.25, 0.3) is 5.91 Å². The lowest BCUT2D eigenvalue weighted by molar-refractivity contribution is 0.0942. The Hall–Kier alpha value is -2.10. The number of rotatable bonds is 8. The van der Waals surface area contributed by atoms with Crippen LogP contribution < -0.4 is 4.74 Å². The highest BCUT2D eigenvalue weighted by atomic mass is 16.5. The van der Waals surface area contributed by atoms with E-state index in [1.165, 1.54) is 23.9 Å². The second-order valence-electron chi connectivity index (χ2n) is 6.89. The number of benzene rings is 1. The SMILES string of the molecule is CCCCCCOc1ccc(C(=O)n2nc(C)c(C(C)C)c2C)cc1. The van der Waals surface area contributed by atoms with E-state index >= 15 is 0 Å². The van der Waals surface area contributed by atoms with E-state index in [-0.39, 0.29) is 5.91 Å². The Kier molecular flexibility index (Phi) is 6.80. The minimum atomic E-state index is -0.0954. The maximum atomic E-state index is 12.8. The molecule has 4 nitrogen and oxygen atoms in total. The third kappa shape index (κ3) is 4.71. The quantitative estimate of drug-likeness (QED) is 0.614. The molecule has 0 radical (unpaired) electrons. The molecule has 0 bridgehead atoms. The van der Waals surface area contributed by atoms with Gasteiger partial charge in [0.05, 0.1) is 12.3 Å². The summed E-state index contributed by atoms with van der Waals surface area (Å²) < 4.78 is 7.26. The second kappa shape index (κ2) is 8.84.